The van der Waals surface area contributed by atoms with Crippen molar-refractivity contribution in [2.75, 3.05) is 42.6 Å². The molecule has 0 spiro atoms. The van der Waals surface area contributed by atoms with Gasteiger partial charge in [-0.1, -0.05) is 23.7 Å². The minimum atomic E-state index is -3.16. The van der Waals surface area contributed by atoms with Gasteiger partial charge in [0.1, 0.15) is 5.82 Å². The fourth-order valence-corrected chi connectivity index (χ4v) is 7.45. The molecule has 1 atom stereocenters. The Morgan fingerprint density at radius 1 is 1.05 bits per heavy atom. The first-order valence-electron chi connectivity index (χ1n) is 12.9. The minimum Gasteiger partial charge on any atom is -0.367 e. The van der Waals surface area contributed by atoms with Crippen LogP contribution < -0.4 is 4.90 Å². The van der Waals surface area contributed by atoms with E-state index >= 15 is 0 Å². The van der Waals surface area contributed by atoms with Crippen molar-refractivity contribution in [3.8, 4) is 11.3 Å². The summed E-state index contributed by atoms with van der Waals surface area (Å²) in [5, 5.41) is 5.96. The molecule has 202 valence electrons. The number of halogens is 2. The molecule has 2 aromatic heterocycles. The maximum absolute atomic E-state index is 14.0. The SMILES string of the molecule is Cc1nn(C2CCS(=O)(=O)C2)c2nc(-c3ccc(F)cc3)cc(C(=O)N3CCN(c4ccccc4Cl)CC3)c12. The predicted molar refractivity (Wildman–Crippen MR) is 150 cm³/mol. The molecule has 2 aliphatic heterocycles. The number of carbonyl (C=O) groups is 1. The Bertz CT molecular complexity index is 1680. The van der Waals surface area contributed by atoms with Crippen LogP contribution in [0.4, 0.5) is 10.1 Å². The average molecular weight is 568 g/mol. The van der Waals surface area contributed by atoms with Crippen molar-refractivity contribution in [2.45, 2.75) is 19.4 Å². The summed E-state index contributed by atoms with van der Waals surface area (Å²) in [6.07, 6.45) is 0.439. The third-order valence-electron chi connectivity index (χ3n) is 7.52. The van der Waals surface area contributed by atoms with E-state index in [2.05, 4.69) is 10.00 Å². The number of nitrogens with zero attached hydrogens (tertiary/aromatic N) is 5. The topological polar surface area (TPSA) is 88.4 Å². The minimum absolute atomic E-state index is 0.0149. The number of sulfone groups is 1. The highest BCUT2D eigenvalue weighted by Gasteiger charge is 2.33. The number of hydrogen-bond acceptors (Lipinski definition) is 6. The van der Waals surface area contributed by atoms with E-state index in [0.717, 1.165) is 5.69 Å². The standard InChI is InChI=1S/C28H27ClFN5O3S/c1-18-26-22(28(36)34-13-11-33(12-14-34)25-5-3-2-4-23(25)29)16-24(19-6-8-20(30)9-7-19)31-27(26)35(32-18)21-10-15-39(37,38)17-21/h2-9,16,21H,10-15,17H2,1H3. The number of pyridine rings is 1. The number of amides is 1. The first kappa shape index (κ1) is 25.8. The van der Waals surface area contributed by atoms with Gasteiger partial charge < -0.3 is 9.80 Å². The Hall–Kier alpha value is -3.50. The average Bonchev–Trinajstić information content (AvgIpc) is 3.47. The molecule has 4 heterocycles. The number of hydrogen-bond donors (Lipinski definition) is 0. The maximum atomic E-state index is 14.0. The van der Waals surface area contributed by atoms with Crippen LogP contribution in [-0.4, -0.2) is 71.7 Å². The number of fused-ring (bicyclic) bond motifs is 1. The van der Waals surface area contributed by atoms with Crippen molar-refractivity contribution < 1.29 is 17.6 Å². The summed E-state index contributed by atoms with van der Waals surface area (Å²) in [7, 11) is -3.16. The van der Waals surface area contributed by atoms with E-state index < -0.39 is 9.84 Å². The van der Waals surface area contributed by atoms with E-state index in [-0.39, 0.29) is 29.3 Å². The summed E-state index contributed by atoms with van der Waals surface area (Å²) in [6.45, 7) is 4.09. The molecular weight excluding hydrogens is 541 g/mol. The van der Waals surface area contributed by atoms with Crippen LogP contribution in [0.3, 0.4) is 0 Å². The summed E-state index contributed by atoms with van der Waals surface area (Å²) in [5.41, 5.74) is 3.64. The molecule has 6 rings (SSSR count). The van der Waals surface area contributed by atoms with Crippen LogP contribution in [0.25, 0.3) is 22.3 Å². The number of para-hydroxylation sites is 1. The Morgan fingerprint density at radius 3 is 2.44 bits per heavy atom. The molecule has 0 bridgehead atoms. The van der Waals surface area contributed by atoms with Gasteiger partial charge in [-0.3, -0.25) is 4.79 Å². The smallest absolute Gasteiger partial charge is 0.254 e. The second-order valence-electron chi connectivity index (χ2n) is 10.1. The van der Waals surface area contributed by atoms with E-state index in [1.807, 2.05) is 36.1 Å². The molecule has 1 unspecified atom stereocenters. The van der Waals surface area contributed by atoms with Crippen molar-refractivity contribution in [1.29, 1.82) is 0 Å². The molecule has 0 radical (unpaired) electrons. The highest BCUT2D eigenvalue weighted by atomic mass is 35.5. The van der Waals surface area contributed by atoms with Crippen LogP contribution in [0.1, 0.15) is 28.5 Å². The zero-order chi connectivity index (χ0) is 27.3. The second kappa shape index (κ2) is 9.91. The molecule has 0 saturated carbocycles. The Morgan fingerprint density at radius 2 is 1.77 bits per heavy atom. The van der Waals surface area contributed by atoms with Gasteiger partial charge in [-0.25, -0.2) is 22.5 Å². The monoisotopic (exact) mass is 567 g/mol. The van der Waals surface area contributed by atoms with E-state index in [1.54, 1.807) is 22.9 Å². The van der Waals surface area contributed by atoms with Gasteiger partial charge in [-0.2, -0.15) is 5.10 Å². The van der Waals surface area contributed by atoms with Crippen molar-refractivity contribution in [1.82, 2.24) is 19.7 Å². The van der Waals surface area contributed by atoms with Gasteiger partial charge in [0.05, 0.1) is 50.6 Å². The largest absolute Gasteiger partial charge is 0.367 e. The van der Waals surface area contributed by atoms with E-state index in [1.165, 1.54) is 12.1 Å². The van der Waals surface area contributed by atoms with Crippen LogP contribution >= 0.6 is 11.6 Å². The molecule has 2 fully saturated rings. The van der Waals surface area contributed by atoms with Gasteiger partial charge >= 0.3 is 0 Å². The first-order chi connectivity index (χ1) is 18.7. The first-order valence-corrected chi connectivity index (χ1v) is 15.0. The fraction of sp³-hybridized carbons (Fsp3) is 0.321. The number of carbonyl (C=O) groups excluding carboxylic acids is 1. The number of benzene rings is 2. The van der Waals surface area contributed by atoms with E-state index in [4.69, 9.17) is 16.6 Å². The molecular formula is C28H27ClFN5O3S. The molecule has 0 N–H and O–H groups in total. The van der Waals surface area contributed by atoms with E-state index in [0.29, 0.717) is 71.2 Å². The lowest BCUT2D eigenvalue weighted by Gasteiger charge is -2.36. The maximum Gasteiger partial charge on any atom is 0.254 e. The number of aromatic nitrogens is 3. The van der Waals surface area contributed by atoms with Crippen molar-refractivity contribution in [3.63, 3.8) is 0 Å². The molecule has 8 nitrogen and oxygen atoms in total. The lowest BCUT2D eigenvalue weighted by Crippen LogP contribution is -2.49. The van der Waals surface area contributed by atoms with Crippen LogP contribution in [0, 0.1) is 12.7 Å². The van der Waals surface area contributed by atoms with Crippen LogP contribution in [0.5, 0.6) is 0 Å². The zero-order valence-corrected chi connectivity index (χ0v) is 22.9. The van der Waals surface area contributed by atoms with Gasteiger partial charge in [-0.15, -0.1) is 0 Å². The van der Waals surface area contributed by atoms with Crippen molar-refractivity contribution in [2.24, 2.45) is 0 Å². The number of aryl methyl sites for hydroxylation is 1. The Labute approximate surface area is 230 Å². The molecule has 2 aromatic carbocycles. The van der Waals surface area contributed by atoms with Gasteiger partial charge in [0.25, 0.3) is 5.91 Å². The van der Waals surface area contributed by atoms with Gasteiger partial charge in [-0.05, 0) is 55.8 Å². The van der Waals surface area contributed by atoms with Crippen molar-refractivity contribution >= 4 is 44.1 Å². The number of piperazine rings is 1. The highest BCUT2D eigenvalue weighted by Crippen LogP contribution is 2.33. The number of rotatable bonds is 4. The normalized spacial score (nSPS) is 19.1. The van der Waals surface area contributed by atoms with Crippen molar-refractivity contribution in [3.05, 3.63) is 76.7 Å². The van der Waals surface area contributed by atoms with Crippen LogP contribution in [0.15, 0.2) is 54.6 Å². The molecule has 1 amide bonds. The second-order valence-corrected chi connectivity index (χ2v) is 12.7. The summed E-state index contributed by atoms with van der Waals surface area (Å²) < 4.78 is 39.8. The third kappa shape index (κ3) is 4.87. The van der Waals surface area contributed by atoms with Gasteiger partial charge in [0, 0.05) is 31.7 Å². The summed E-state index contributed by atoms with van der Waals surface area (Å²) in [4.78, 5) is 22.8. The predicted octanol–water partition coefficient (Wildman–Crippen LogP) is 4.52. The fourth-order valence-electron chi connectivity index (χ4n) is 5.50. The zero-order valence-electron chi connectivity index (χ0n) is 21.3. The summed E-state index contributed by atoms with van der Waals surface area (Å²) in [5.74, 6) is -0.438. The molecule has 11 heteroatoms. The lowest BCUT2D eigenvalue weighted by molar-refractivity contribution is 0.0748. The highest BCUT2D eigenvalue weighted by molar-refractivity contribution is 7.91. The van der Waals surface area contributed by atoms with Gasteiger partial charge in [0.15, 0.2) is 15.5 Å². The Balaban J connectivity index is 1.39. The molecule has 2 saturated heterocycles. The molecule has 39 heavy (non-hydrogen) atoms. The molecule has 4 aromatic rings. The molecule has 0 aliphatic carbocycles. The third-order valence-corrected chi connectivity index (χ3v) is 9.59. The van der Waals surface area contributed by atoms with Crippen LogP contribution in [0.2, 0.25) is 5.02 Å². The summed E-state index contributed by atoms with van der Waals surface area (Å²) in [6, 6.07) is 15.0. The number of anilines is 1. The quantitative estimate of drug-likeness (QED) is 0.360. The lowest BCUT2D eigenvalue weighted by atomic mass is 10.0. The molecule has 2 aliphatic rings. The Kier molecular flexibility index (Phi) is 6.55. The van der Waals surface area contributed by atoms with Gasteiger partial charge in [0.2, 0.25) is 0 Å². The summed E-state index contributed by atoms with van der Waals surface area (Å²) >= 11 is 6.39. The van der Waals surface area contributed by atoms with E-state index in [9.17, 15) is 17.6 Å². The van der Waals surface area contributed by atoms with Crippen LogP contribution in [-0.2, 0) is 9.84 Å².